The third kappa shape index (κ3) is 5.17. The summed E-state index contributed by atoms with van der Waals surface area (Å²) in [5.74, 6) is -0.221. The van der Waals surface area contributed by atoms with Gasteiger partial charge in [-0.15, -0.1) is 0 Å². The monoisotopic (exact) mass is 360 g/mol. The first kappa shape index (κ1) is 18.6. The molecule has 1 aromatic heterocycles. The van der Waals surface area contributed by atoms with Gasteiger partial charge >= 0.3 is 0 Å². The molecule has 2 aromatic carbocycles. The number of pyridine rings is 1. The Balaban J connectivity index is 1.70. The van der Waals surface area contributed by atoms with Gasteiger partial charge in [0.05, 0.1) is 6.04 Å². The van der Waals surface area contributed by atoms with Crippen LogP contribution >= 0.6 is 0 Å². The summed E-state index contributed by atoms with van der Waals surface area (Å²) >= 11 is 0. The van der Waals surface area contributed by atoms with E-state index < -0.39 is 0 Å². The van der Waals surface area contributed by atoms with Crippen molar-refractivity contribution in [2.75, 3.05) is 0 Å². The molecule has 0 spiro atoms. The van der Waals surface area contributed by atoms with Gasteiger partial charge < -0.3 is 9.88 Å². The van der Waals surface area contributed by atoms with Crippen molar-refractivity contribution in [1.29, 1.82) is 0 Å². The van der Waals surface area contributed by atoms with Gasteiger partial charge in [-0.05, 0) is 36.5 Å². The van der Waals surface area contributed by atoms with E-state index in [9.17, 15) is 9.59 Å². The van der Waals surface area contributed by atoms with Gasteiger partial charge in [-0.3, -0.25) is 9.59 Å². The van der Waals surface area contributed by atoms with E-state index in [0.29, 0.717) is 5.56 Å². The van der Waals surface area contributed by atoms with Crippen LogP contribution in [0.1, 0.15) is 40.4 Å². The van der Waals surface area contributed by atoms with E-state index >= 15 is 0 Å². The standard InChI is InChI=1S/C23H24N2O2/c1-25-16-15-20(17-22(25)26)23(27)24-21(19-12-6-3-7-13-19)14-8-11-18-9-4-2-5-10-18/h2-7,9-10,12-13,15-17,21H,8,11,14H2,1H3,(H,24,27). The van der Waals surface area contributed by atoms with E-state index in [2.05, 4.69) is 17.4 Å². The first-order chi connectivity index (χ1) is 13.1. The zero-order valence-electron chi connectivity index (χ0n) is 15.5. The van der Waals surface area contributed by atoms with Gasteiger partial charge in [0.1, 0.15) is 0 Å². The molecule has 138 valence electrons. The summed E-state index contributed by atoms with van der Waals surface area (Å²) < 4.78 is 1.45. The minimum absolute atomic E-state index is 0.0912. The number of carbonyl (C=O) groups excluding carboxylic acids is 1. The van der Waals surface area contributed by atoms with E-state index in [1.54, 1.807) is 19.3 Å². The molecule has 0 aliphatic rings. The number of hydrogen-bond donors (Lipinski definition) is 1. The Kier molecular flexibility index (Phi) is 6.21. The predicted octanol–water partition coefficient (Wildman–Crippen LogP) is 3.88. The molecular formula is C23H24N2O2. The molecule has 0 saturated heterocycles. The van der Waals surface area contributed by atoms with Gasteiger partial charge in [0.15, 0.2) is 0 Å². The molecule has 3 aromatic rings. The third-order valence-electron chi connectivity index (χ3n) is 4.67. The molecule has 0 fully saturated rings. The highest BCUT2D eigenvalue weighted by Gasteiger charge is 2.16. The van der Waals surface area contributed by atoms with Crippen molar-refractivity contribution >= 4 is 5.91 Å². The molecule has 0 saturated carbocycles. The lowest BCUT2D eigenvalue weighted by Gasteiger charge is -2.19. The molecule has 4 heteroatoms. The smallest absolute Gasteiger partial charge is 0.252 e. The fourth-order valence-electron chi connectivity index (χ4n) is 3.09. The van der Waals surface area contributed by atoms with Crippen LogP contribution in [0, 0.1) is 0 Å². The Morgan fingerprint density at radius 2 is 1.67 bits per heavy atom. The zero-order chi connectivity index (χ0) is 19.1. The SMILES string of the molecule is Cn1ccc(C(=O)NC(CCCc2ccccc2)c2ccccc2)cc1=O. The number of amides is 1. The van der Waals surface area contributed by atoms with Crippen molar-refractivity contribution in [2.24, 2.45) is 7.05 Å². The van der Waals surface area contributed by atoms with Crippen LogP contribution in [0.2, 0.25) is 0 Å². The topological polar surface area (TPSA) is 51.1 Å². The number of aryl methyl sites for hydroxylation is 2. The van der Waals surface area contributed by atoms with Gasteiger partial charge in [0.25, 0.3) is 11.5 Å². The van der Waals surface area contributed by atoms with Crippen LogP contribution < -0.4 is 10.9 Å². The normalized spacial score (nSPS) is 11.7. The lowest BCUT2D eigenvalue weighted by atomic mass is 9.98. The summed E-state index contributed by atoms with van der Waals surface area (Å²) in [6, 6.07) is 23.3. The number of nitrogens with zero attached hydrogens (tertiary/aromatic N) is 1. The summed E-state index contributed by atoms with van der Waals surface area (Å²) in [6.07, 6.45) is 4.37. The number of benzene rings is 2. The molecular weight excluding hydrogens is 336 g/mol. The molecule has 0 bridgehead atoms. The van der Waals surface area contributed by atoms with Crippen molar-refractivity contribution in [1.82, 2.24) is 9.88 Å². The van der Waals surface area contributed by atoms with Crippen molar-refractivity contribution in [2.45, 2.75) is 25.3 Å². The van der Waals surface area contributed by atoms with E-state index in [4.69, 9.17) is 0 Å². The average molecular weight is 360 g/mol. The van der Waals surface area contributed by atoms with Gasteiger partial charge in [-0.2, -0.15) is 0 Å². The van der Waals surface area contributed by atoms with E-state index in [1.807, 2.05) is 48.5 Å². The maximum Gasteiger partial charge on any atom is 0.252 e. The summed E-state index contributed by atoms with van der Waals surface area (Å²) in [5.41, 5.74) is 2.56. The molecule has 1 unspecified atom stereocenters. The van der Waals surface area contributed by atoms with Crippen molar-refractivity contribution in [3.05, 3.63) is 106 Å². The van der Waals surface area contributed by atoms with Gasteiger partial charge in [0.2, 0.25) is 0 Å². The lowest BCUT2D eigenvalue weighted by molar-refractivity contribution is 0.0934. The number of aromatic nitrogens is 1. The van der Waals surface area contributed by atoms with Crippen LogP contribution in [0.15, 0.2) is 83.8 Å². The highest BCUT2D eigenvalue weighted by molar-refractivity contribution is 5.94. The Labute approximate surface area is 159 Å². The lowest BCUT2D eigenvalue weighted by Crippen LogP contribution is -2.30. The van der Waals surface area contributed by atoms with Gasteiger partial charge in [-0.1, -0.05) is 60.7 Å². The van der Waals surface area contributed by atoms with Crippen LogP contribution in [0.25, 0.3) is 0 Å². The van der Waals surface area contributed by atoms with Crippen LogP contribution in [-0.4, -0.2) is 10.5 Å². The second kappa shape index (κ2) is 8.99. The zero-order valence-corrected chi connectivity index (χ0v) is 15.5. The number of carbonyl (C=O) groups is 1. The van der Waals surface area contributed by atoms with Gasteiger partial charge in [-0.25, -0.2) is 0 Å². The van der Waals surface area contributed by atoms with Crippen molar-refractivity contribution in [3.63, 3.8) is 0 Å². The van der Waals surface area contributed by atoms with Crippen molar-refractivity contribution in [3.8, 4) is 0 Å². The highest BCUT2D eigenvalue weighted by atomic mass is 16.2. The van der Waals surface area contributed by atoms with Crippen molar-refractivity contribution < 1.29 is 4.79 Å². The van der Waals surface area contributed by atoms with Crippen LogP contribution in [-0.2, 0) is 13.5 Å². The van der Waals surface area contributed by atoms with Crippen LogP contribution in [0.5, 0.6) is 0 Å². The minimum Gasteiger partial charge on any atom is -0.345 e. The molecule has 0 radical (unpaired) electrons. The Hall–Kier alpha value is -3.14. The first-order valence-electron chi connectivity index (χ1n) is 9.20. The van der Waals surface area contributed by atoms with E-state index in [-0.39, 0.29) is 17.5 Å². The average Bonchev–Trinajstić information content (AvgIpc) is 2.70. The molecule has 4 nitrogen and oxygen atoms in total. The number of hydrogen-bond acceptors (Lipinski definition) is 2. The van der Waals surface area contributed by atoms with E-state index in [1.165, 1.54) is 16.2 Å². The summed E-state index contributed by atoms with van der Waals surface area (Å²) in [5, 5.41) is 3.10. The largest absolute Gasteiger partial charge is 0.345 e. The Morgan fingerprint density at radius 3 is 2.33 bits per heavy atom. The summed E-state index contributed by atoms with van der Waals surface area (Å²) in [4.78, 5) is 24.5. The Morgan fingerprint density at radius 1 is 1.00 bits per heavy atom. The Bertz CT molecular complexity index is 933. The quantitative estimate of drug-likeness (QED) is 0.695. The number of nitrogens with one attached hydrogen (secondary N) is 1. The fourth-order valence-corrected chi connectivity index (χ4v) is 3.09. The molecule has 0 aliphatic carbocycles. The van der Waals surface area contributed by atoms with Crippen LogP contribution in [0.4, 0.5) is 0 Å². The fraction of sp³-hybridized carbons (Fsp3) is 0.217. The molecule has 1 atom stereocenters. The highest BCUT2D eigenvalue weighted by Crippen LogP contribution is 2.20. The minimum atomic E-state index is -0.221. The molecule has 3 rings (SSSR count). The van der Waals surface area contributed by atoms with Gasteiger partial charge in [0, 0.05) is 24.9 Å². The predicted molar refractivity (Wildman–Crippen MR) is 108 cm³/mol. The maximum atomic E-state index is 12.7. The molecule has 27 heavy (non-hydrogen) atoms. The summed E-state index contributed by atoms with van der Waals surface area (Å²) in [7, 11) is 1.67. The molecule has 1 heterocycles. The van der Waals surface area contributed by atoms with Crippen LogP contribution in [0.3, 0.4) is 0 Å². The molecule has 1 amide bonds. The number of rotatable bonds is 7. The maximum absolute atomic E-state index is 12.7. The second-order valence-electron chi connectivity index (χ2n) is 6.68. The first-order valence-corrected chi connectivity index (χ1v) is 9.20. The van der Waals surface area contributed by atoms with E-state index in [0.717, 1.165) is 24.8 Å². The molecule has 0 aliphatic heterocycles. The molecule has 1 N–H and O–H groups in total. The summed E-state index contributed by atoms with van der Waals surface area (Å²) in [6.45, 7) is 0. The second-order valence-corrected chi connectivity index (χ2v) is 6.68. The third-order valence-corrected chi connectivity index (χ3v) is 4.67.